The van der Waals surface area contributed by atoms with E-state index in [1.165, 1.54) is 5.56 Å². The van der Waals surface area contributed by atoms with Crippen LogP contribution in [0.1, 0.15) is 54.1 Å². The van der Waals surface area contributed by atoms with E-state index in [2.05, 4.69) is 53.8 Å². The van der Waals surface area contributed by atoms with Crippen molar-refractivity contribution in [3.63, 3.8) is 0 Å². The molecule has 4 aromatic rings. The molecule has 4 aromatic carbocycles. The summed E-state index contributed by atoms with van der Waals surface area (Å²) in [6, 6.07) is 33.9. The zero-order valence-electron chi connectivity index (χ0n) is 27.8. The number of likely N-dealkylation sites (N-methyl/N-ethyl adjacent to an activating group) is 1. The first kappa shape index (κ1) is 34.8. The van der Waals surface area contributed by atoms with E-state index in [1.54, 1.807) is 6.92 Å². The molecule has 0 saturated carbocycles. The first-order chi connectivity index (χ1) is 23.3. The average molecular weight is 652 g/mol. The van der Waals surface area contributed by atoms with Gasteiger partial charge < -0.3 is 30.0 Å². The molecule has 3 N–H and O–H groups in total. The van der Waals surface area contributed by atoms with E-state index >= 15 is 0 Å². The summed E-state index contributed by atoms with van der Waals surface area (Å²) < 4.78 is 18.2. The van der Waals surface area contributed by atoms with Crippen LogP contribution in [0.4, 0.5) is 4.79 Å². The topological polar surface area (TPSA) is 109 Å². The summed E-state index contributed by atoms with van der Waals surface area (Å²) in [5, 5.41) is 14.9. The lowest BCUT2D eigenvalue weighted by atomic mass is 9.90. The molecule has 1 aliphatic rings. The lowest BCUT2D eigenvalue weighted by Gasteiger charge is -2.42. The Balaban J connectivity index is 1.31. The molecular formula is C39H45N3O6. The van der Waals surface area contributed by atoms with Crippen LogP contribution in [0.25, 0.3) is 11.1 Å². The highest BCUT2D eigenvalue weighted by Gasteiger charge is 2.38. The van der Waals surface area contributed by atoms with Crippen LogP contribution in [0, 0.1) is 5.92 Å². The molecule has 0 aromatic heterocycles. The minimum Gasteiger partial charge on any atom is -0.465 e. The van der Waals surface area contributed by atoms with Crippen LogP contribution in [0.3, 0.4) is 0 Å². The second-order valence-corrected chi connectivity index (χ2v) is 12.1. The summed E-state index contributed by atoms with van der Waals surface area (Å²) in [5.41, 5.74) is 6.97. The van der Waals surface area contributed by atoms with Gasteiger partial charge in [-0.25, -0.2) is 4.79 Å². The van der Waals surface area contributed by atoms with Crippen LogP contribution in [0.2, 0.25) is 0 Å². The number of nitrogens with one attached hydrogen (secondary N) is 2. The van der Waals surface area contributed by atoms with Gasteiger partial charge in [0, 0.05) is 31.1 Å². The van der Waals surface area contributed by atoms with Crippen LogP contribution in [0.5, 0.6) is 0 Å². The van der Waals surface area contributed by atoms with Gasteiger partial charge in [-0.1, -0.05) is 110 Å². The molecule has 252 valence electrons. The summed E-state index contributed by atoms with van der Waals surface area (Å²) in [6.45, 7) is 5.79. The number of esters is 1. The molecule has 0 aliphatic carbocycles. The first-order valence-corrected chi connectivity index (χ1v) is 16.4. The van der Waals surface area contributed by atoms with Crippen molar-refractivity contribution >= 4 is 12.0 Å². The number of carbonyl (C=O) groups excluding carboxylic acids is 2. The SMILES string of the molecule is CCOC(=O)CNC(=O)NCc1ccccc1-c1ccc(C2OC(CN(C)Cc3ccccc3)C(C)C(c3ccc(CO)cc3)O2)cc1. The number of amides is 2. The van der Waals surface area contributed by atoms with Crippen molar-refractivity contribution < 1.29 is 28.9 Å². The average Bonchev–Trinajstić information content (AvgIpc) is 3.11. The molecule has 1 saturated heterocycles. The molecule has 1 heterocycles. The Labute approximate surface area is 282 Å². The first-order valence-electron chi connectivity index (χ1n) is 16.4. The molecule has 0 spiro atoms. The number of rotatable bonds is 13. The molecule has 2 amide bonds. The number of aliphatic hydroxyl groups excluding tert-OH is 1. The molecule has 1 fully saturated rings. The van der Waals surface area contributed by atoms with Gasteiger partial charge in [0.25, 0.3) is 0 Å². The highest BCUT2D eigenvalue weighted by atomic mass is 16.7. The minimum absolute atomic E-state index is 0.00573. The number of hydrogen-bond acceptors (Lipinski definition) is 7. The van der Waals surface area contributed by atoms with E-state index in [4.69, 9.17) is 14.2 Å². The molecule has 0 bridgehead atoms. The third-order valence-corrected chi connectivity index (χ3v) is 8.56. The summed E-state index contributed by atoms with van der Waals surface area (Å²) >= 11 is 0. The van der Waals surface area contributed by atoms with Crippen molar-refractivity contribution in [1.82, 2.24) is 15.5 Å². The number of nitrogens with zero attached hydrogens (tertiary/aromatic N) is 1. The van der Waals surface area contributed by atoms with Crippen LogP contribution in [0.15, 0.2) is 103 Å². The predicted molar refractivity (Wildman–Crippen MR) is 184 cm³/mol. The summed E-state index contributed by atoms with van der Waals surface area (Å²) in [4.78, 5) is 26.1. The molecular weight excluding hydrogens is 606 g/mol. The molecule has 9 heteroatoms. The fraction of sp³-hybridized carbons (Fsp3) is 0.333. The van der Waals surface area contributed by atoms with E-state index < -0.39 is 18.3 Å². The van der Waals surface area contributed by atoms with Crippen LogP contribution < -0.4 is 10.6 Å². The highest BCUT2D eigenvalue weighted by Crippen LogP contribution is 2.42. The predicted octanol–water partition coefficient (Wildman–Crippen LogP) is 6.13. The maximum Gasteiger partial charge on any atom is 0.325 e. The Morgan fingerprint density at radius 3 is 2.23 bits per heavy atom. The van der Waals surface area contributed by atoms with Crippen LogP contribution in [-0.4, -0.2) is 54.9 Å². The summed E-state index contributed by atoms with van der Waals surface area (Å²) in [6.07, 6.45) is -0.873. The van der Waals surface area contributed by atoms with E-state index in [-0.39, 0.29) is 44.4 Å². The fourth-order valence-electron chi connectivity index (χ4n) is 5.97. The zero-order valence-corrected chi connectivity index (χ0v) is 27.8. The standard InChI is InChI=1S/C39H45N3O6/c1-4-46-36(44)23-41-39(45)40-22-33-12-8-9-13-34(33)30-18-20-32(21-19-30)38-47-35(25-42(3)24-28-10-6-5-7-11-28)27(2)37(48-38)31-16-14-29(26-43)15-17-31/h5-21,27,35,37-38,43H,4,22-26H2,1-3H3,(H2,40,41,45). The minimum atomic E-state index is -0.576. The fourth-order valence-corrected chi connectivity index (χ4v) is 5.97. The second-order valence-electron chi connectivity index (χ2n) is 12.1. The van der Waals surface area contributed by atoms with Gasteiger partial charge >= 0.3 is 12.0 Å². The van der Waals surface area contributed by atoms with Crippen LogP contribution in [-0.2, 0) is 38.7 Å². The number of aliphatic hydroxyl groups is 1. The van der Waals surface area contributed by atoms with Crippen LogP contribution >= 0.6 is 0 Å². The maximum absolute atomic E-state index is 12.3. The quantitative estimate of drug-likeness (QED) is 0.149. The number of carbonyl (C=O) groups is 2. The van der Waals surface area contributed by atoms with Gasteiger partial charge in [0.05, 0.1) is 25.4 Å². The molecule has 4 atom stereocenters. The lowest BCUT2D eigenvalue weighted by molar-refractivity contribution is -0.276. The Bertz CT molecular complexity index is 1610. The largest absolute Gasteiger partial charge is 0.465 e. The summed E-state index contributed by atoms with van der Waals surface area (Å²) in [7, 11) is 2.11. The van der Waals surface area contributed by atoms with Crippen molar-refractivity contribution in [1.29, 1.82) is 0 Å². The Kier molecular flexibility index (Phi) is 12.3. The molecule has 9 nitrogen and oxygen atoms in total. The van der Waals surface area contributed by atoms with Gasteiger partial charge in [-0.3, -0.25) is 9.69 Å². The maximum atomic E-state index is 12.3. The Morgan fingerprint density at radius 1 is 0.833 bits per heavy atom. The Morgan fingerprint density at radius 2 is 1.52 bits per heavy atom. The van der Waals surface area contributed by atoms with Gasteiger partial charge in [-0.05, 0) is 47.4 Å². The van der Waals surface area contributed by atoms with Gasteiger partial charge in [0.15, 0.2) is 6.29 Å². The molecule has 1 aliphatic heterocycles. The zero-order chi connectivity index (χ0) is 33.9. The van der Waals surface area contributed by atoms with Crippen molar-refractivity contribution in [3.8, 4) is 11.1 Å². The van der Waals surface area contributed by atoms with E-state index in [0.29, 0.717) is 0 Å². The smallest absolute Gasteiger partial charge is 0.325 e. The highest BCUT2D eigenvalue weighted by molar-refractivity contribution is 5.81. The number of urea groups is 1. The van der Waals surface area contributed by atoms with Gasteiger partial charge in [-0.2, -0.15) is 0 Å². The van der Waals surface area contributed by atoms with E-state index in [0.717, 1.165) is 46.5 Å². The third kappa shape index (κ3) is 9.29. The van der Waals surface area contributed by atoms with Gasteiger partial charge in [0.1, 0.15) is 6.54 Å². The number of ether oxygens (including phenoxy) is 3. The molecule has 48 heavy (non-hydrogen) atoms. The normalized spacial score (nSPS) is 19.1. The molecule has 0 radical (unpaired) electrons. The second kappa shape index (κ2) is 17.0. The summed E-state index contributed by atoms with van der Waals surface area (Å²) in [5.74, 6) is -0.405. The third-order valence-electron chi connectivity index (χ3n) is 8.56. The van der Waals surface area contributed by atoms with Gasteiger partial charge in [-0.15, -0.1) is 0 Å². The van der Waals surface area contributed by atoms with Crippen molar-refractivity contribution in [3.05, 3.63) is 131 Å². The number of hydrogen-bond donors (Lipinski definition) is 3. The van der Waals surface area contributed by atoms with Crippen molar-refractivity contribution in [2.45, 2.75) is 52.0 Å². The van der Waals surface area contributed by atoms with Gasteiger partial charge in [0.2, 0.25) is 0 Å². The monoisotopic (exact) mass is 651 g/mol. The molecule has 4 unspecified atom stereocenters. The Hall–Kier alpha value is -4.54. The van der Waals surface area contributed by atoms with E-state index in [9.17, 15) is 14.7 Å². The lowest BCUT2D eigenvalue weighted by Crippen LogP contribution is -2.43. The number of benzene rings is 4. The van der Waals surface area contributed by atoms with Crippen molar-refractivity contribution in [2.24, 2.45) is 5.92 Å². The van der Waals surface area contributed by atoms with Crippen molar-refractivity contribution in [2.75, 3.05) is 26.7 Å². The molecule has 5 rings (SSSR count). The van der Waals surface area contributed by atoms with E-state index in [1.807, 2.05) is 78.9 Å².